The van der Waals surface area contributed by atoms with Gasteiger partial charge in [-0.3, -0.25) is 14.6 Å². The van der Waals surface area contributed by atoms with Gasteiger partial charge in [0.05, 0.1) is 23.8 Å². The van der Waals surface area contributed by atoms with Crippen LogP contribution in [0.2, 0.25) is 0 Å². The first-order chi connectivity index (χ1) is 13.8. The monoisotopic (exact) mass is 393 g/mol. The molecular weight excluding hydrogens is 370 g/mol. The van der Waals surface area contributed by atoms with E-state index in [-0.39, 0.29) is 23.4 Å². The zero-order valence-corrected chi connectivity index (χ0v) is 16.8. The minimum atomic E-state index is -0.525. The lowest BCUT2D eigenvalue weighted by Gasteiger charge is -2.19. The molecule has 3 atom stereocenters. The van der Waals surface area contributed by atoms with Crippen LogP contribution in [0.5, 0.6) is 0 Å². The van der Waals surface area contributed by atoms with Crippen molar-refractivity contribution in [2.45, 2.75) is 26.3 Å². The molecule has 2 unspecified atom stereocenters. The number of hydrogen-bond acceptors (Lipinski definition) is 7. The van der Waals surface area contributed by atoms with Crippen LogP contribution in [-0.4, -0.2) is 51.8 Å². The van der Waals surface area contributed by atoms with Crippen LogP contribution in [0.4, 0.5) is 11.5 Å². The Bertz CT molecular complexity index is 966. The number of carbonyl (C=O) groups excluding carboxylic acids is 2. The van der Waals surface area contributed by atoms with Gasteiger partial charge in [-0.05, 0) is 25.3 Å². The highest BCUT2D eigenvalue weighted by molar-refractivity contribution is 5.93. The molecule has 0 radical (unpaired) electrons. The van der Waals surface area contributed by atoms with Gasteiger partial charge in [0.2, 0.25) is 11.8 Å². The van der Waals surface area contributed by atoms with E-state index in [1.807, 2.05) is 13.0 Å². The van der Waals surface area contributed by atoms with Crippen LogP contribution in [0.1, 0.15) is 26.0 Å². The first-order valence-corrected chi connectivity index (χ1v) is 9.31. The van der Waals surface area contributed by atoms with Gasteiger partial charge in [-0.2, -0.15) is 5.26 Å². The third kappa shape index (κ3) is 4.66. The van der Waals surface area contributed by atoms with E-state index < -0.39 is 6.04 Å². The lowest BCUT2D eigenvalue weighted by molar-refractivity contribution is -0.129. The number of nitriles is 1. The Balaban J connectivity index is 1.77. The topological polar surface area (TPSA) is 124 Å². The van der Waals surface area contributed by atoms with E-state index in [2.05, 4.69) is 25.6 Å². The van der Waals surface area contributed by atoms with Gasteiger partial charge in [-0.25, -0.2) is 9.97 Å². The minimum Gasteiger partial charge on any atom is -0.372 e. The molecule has 9 nitrogen and oxygen atoms in total. The molecule has 2 N–H and O–H groups in total. The van der Waals surface area contributed by atoms with E-state index in [0.29, 0.717) is 28.7 Å². The number of amides is 2. The number of anilines is 2. The largest absolute Gasteiger partial charge is 0.372 e. The van der Waals surface area contributed by atoms with Crippen molar-refractivity contribution in [2.24, 2.45) is 11.8 Å². The summed E-state index contributed by atoms with van der Waals surface area (Å²) < 4.78 is 0. The number of carbonyl (C=O) groups is 2. The fourth-order valence-corrected chi connectivity index (χ4v) is 2.93. The van der Waals surface area contributed by atoms with Gasteiger partial charge >= 0.3 is 0 Å². The number of hydrogen-bond donors (Lipinski definition) is 2. The molecule has 0 saturated heterocycles. The zero-order valence-electron chi connectivity index (χ0n) is 16.8. The molecule has 150 valence electrons. The van der Waals surface area contributed by atoms with E-state index >= 15 is 0 Å². The Labute approximate surface area is 169 Å². The summed E-state index contributed by atoms with van der Waals surface area (Å²) in [6.07, 6.45) is 5.45. The van der Waals surface area contributed by atoms with Crippen molar-refractivity contribution in [3.63, 3.8) is 0 Å². The molecule has 1 aliphatic rings. The molecule has 1 fully saturated rings. The van der Waals surface area contributed by atoms with Gasteiger partial charge < -0.3 is 15.5 Å². The van der Waals surface area contributed by atoms with Crippen molar-refractivity contribution >= 4 is 23.3 Å². The molecule has 0 bridgehead atoms. The van der Waals surface area contributed by atoms with E-state index in [9.17, 15) is 14.9 Å². The van der Waals surface area contributed by atoms with Crippen LogP contribution in [-0.2, 0) is 9.59 Å². The normalized spacial score (nSPS) is 18.3. The van der Waals surface area contributed by atoms with Crippen LogP contribution in [0.25, 0.3) is 11.3 Å². The van der Waals surface area contributed by atoms with Crippen molar-refractivity contribution in [3.05, 3.63) is 30.4 Å². The smallest absolute Gasteiger partial charge is 0.244 e. The third-order valence-corrected chi connectivity index (χ3v) is 4.82. The first-order valence-electron chi connectivity index (χ1n) is 9.31. The highest BCUT2D eigenvalue weighted by Gasteiger charge is 2.39. The summed E-state index contributed by atoms with van der Waals surface area (Å²) in [6.45, 7) is 3.75. The lowest BCUT2D eigenvalue weighted by Crippen LogP contribution is -2.36. The quantitative estimate of drug-likeness (QED) is 0.768. The number of nitrogens with zero attached hydrogens (tertiary/aromatic N) is 5. The minimum absolute atomic E-state index is 0.0365. The average Bonchev–Trinajstić information content (AvgIpc) is 3.44. The summed E-state index contributed by atoms with van der Waals surface area (Å²) in [5.41, 5.74) is 1.80. The van der Waals surface area contributed by atoms with Gasteiger partial charge in [0, 0.05) is 31.8 Å². The summed E-state index contributed by atoms with van der Waals surface area (Å²) in [6, 6.07) is 3.20. The molecule has 0 spiro atoms. The second kappa shape index (κ2) is 8.22. The number of pyridine rings is 1. The van der Waals surface area contributed by atoms with Gasteiger partial charge in [-0.1, -0.05) is 6.92 Å². The van der Waals surface area contributed by atoms with Crippen molar-refractivity contribution in [1.82, 2.24) is 19.9 Å². The van der Waals surface area contributed by atoms with Gasteiger partial charge in [0.1, 0.15) is 12.1 Å². The number of rotatable bonds is 6. The summed E-state index contributed by atoms with van der Waals surface area (Å²) in [4.78, 5) is 38.3. The molecule has 2 heterocycles. The predicted molar refractivity (Wildman–Crippen MR) is 108 cm³/mol. The molecule has 1 aliphatic carbocycles. The Morgan fingerprint density at radius 3 is 2.52 bits per heavy atom. The maximum absolute atomic E-state index is 12.1. The van der Waals surface area contributed by atoms with Gasteiger partial charge in [-0.15, -0.1) is 0 Å². The Kier molecular flexibility index (Phi) is 5.73. The maximum atomic E-state index is 12.1. The van der Waals surface area contributed by atoms with E-state index in [0.717, 1.165) is 6.42 Å². The predicted octanol–water partition coefficient (Wildman–Crippen LogP) is 1.89. The zero-order chi connectivity index (χ0) is 21.1. The summed E-state index contributed by atoms with van der Waals surface area (Å²) in [5, 5.41) is 15.1. The third-order valence-electron chi connectivity index (χ3n) is 4.82. The summed E-state index contributed by atoms with van der Waals surface area (Å²) in [5.74, 6) is 0.706. The van der Waals surface area contributed by atoms with Crippen LogP contribution >= 0.6 is 0 Å². The Hall–Kier alpha value is -3.54. The summed E-state index contributed by atoms with van der Waals surface area (Å²) >= 11 is 0. The second-order valence-electron chi connectivity index (χ2n) is 7.43. The van der Waals surface area contributed by atoms with Crippen LogP contribution in [0.3, 0.4) is 0 Å². The molecule has 0 aromatic carbocycles. The molecule has 9 heteroatoms. The average molecular weight is 393 g/mol. The van der Waals surface area contributed by atoms with Gasteiger partial charge in [0.25, 0.3) is 0 Å². The van der Waals surface area contributed by atoms with Crippen LogP contribution < -0.4 is 10.6 Å². The fraction of sp³-hybridized carbons (Fsp3) is 0.400. The van der Waals surface area contributed by atoms with Crippen molar-refractivity contribution < 1.29 is 9.59 Å². The highest BCUT2D eigenvalue weighted by Crippen LogP contribution is 2.38. The Morgan fingerprint density at radius 2 is 1.97 bits per heavy atom. The van der Waals surface area contributed by atoms with Crippen molar-refractivity contribution in [3.8, 4) is 17.3 Å². The molecule has 2 aromatic heterocycles. The molecule has 2 aromatic rings. The van der Waals surface area contributed by atoms with Crippen molar-refractivity contribution in [2.75, 3.05) is 24.7 Å². The SMILES string of the molecule is CC1CC1C(=O)Nc1cnc(-c2cnc(C#N)c(N[C@@H](C)C(=O)N(C)C)c2)cn1. The molecule has 3 rings (SSSR count). The standard InChI is InChI=1S/C20H23N7O2/c1-11-5-14(11)19(28)26-18-10-23-17(9-24-18)13-6-15(16(7-21)22-8-13)25-12(2)20(29)27(3)4/h6,8-12,14,25H,5H2,1-4H3,(H,24,26,28)/t11?,12-,14?/m0/s1. The Morgan fingerprint density at radius 1 is 1.24 bits per heavy atom. The van der Waals surface area contributed by atoms with Crippen molar-refractivity contribution in [1.29, 1.82) is 5.26 Å². The number of likely N-dealkylation sites (N-methyl/N-ethyl adjacent to an activating group) is 1. The second-order valence-corrected chi connectivity index (χ2v) is 7.43. The highest BCUT2D eigenvalue weighted by atomic mass is 16.2. The maximum Gasteiger partial charge on any atom is 0.244 e. The first kappa shape index (κ1) is 20.2. The number of aromatic nitrogens is 3. The molecular formula is C20H23N7O2. The fourth-order valence-electron chi connectivity index (χ4n) is 2.93. The molecule has 2 amide bonds. The van der Waals surface area contributed by atoms with Crippen LogP contribution in [0.15, 0.2) is 24.7 Å². The molecule has 29 heavy (non-hydrogen) atoms. The summed E-state index contributed by atoms with van der Waals surface area (Å²) in [7, 11) is 3.33. The lowest BCUT2D eigenvalue weighted by atomic mass is 10.1. The van der Waals surface area contributed by atoms with E-state index in [4.69, 9.17) is 0 Å². The van der Waals surface area contributed by atoms with E-state index in [1.54, 1.807) is 27.1 Å². The molecule has 1 saturated carbocycles. The molecule has 0 aliphatic heterocycles. The van der Waals surface area contributed by atoms with Gasteiger partial charge in [0.15, 0.2) is 11.5 Å². The van der Waals surface area contributed by atoms with E-state index in [1.165, 1.54) is 23.5 Å². The van der Waals surface area contributed by atoms with Crippen LogP contribution in [0, 0.1) is 23.2 Å². The number of nitrogens with one attached hydrogen (secondary N) is 2.